The minimum atomic E-state index is -1.71. The van der Waals surface area contributed by atoms with E-state index in [0.717, 1.165) is 12.0 Å². The Kier molecular flexibility index (Phi) is 11.6. The van der Waals surface area contributed by atoms with E-state index in [2.05, 4.69) is 53.0 Å². The molecule has 1 aromatic rings. The number of hydrogen-bond donors (Lipinski definition) is 0. The Balaban J connectivity index is 2.09. The Morgan fingerprint density at radius 2 is 1.70 bits per heavy atom. The number of ether oxygens (including phenoxy) is 4. The molecule has 3 atom stereocenters. The first kappa shape index (κ1) is 27.6. The molecule has 1 fully saturated rings. The van der Waals surface area contributed by atoms with Crippen LogP contribution in [0.5, 0.6) is 0 Å². The van der Waals surface area contributed by atoms with Crippen LogP contribution in [0.4, 0.5) is 0 Å². The van der Waals surface area contributed by atoms with Crippen LogP contribution >= 0.6 is 0 Å². The van der Waals surface area contributed by atoms with E-state index in [-0.39, 0.29) is 25.3 Å². The van der Waals surface area contributed by atoms with Crippen molar-refractivity contribution in [2.45, 2.75) is 83.1 Å². The van der Waals surface area contributed by atoms with Crippen molar-refractivity contribution in [1.29, 1.82) is 0 Å². The van der Waals surface area contributed by atoms with E-state index in [0.29, 0.717) is 23.2 Å². The summed E-state index contributed by atoms with van der Waals surface area (Å²) in [6.45, 7) is 14.8. The van der Waals surface area contributed by atoms with Gasteiger partial charge in [0.1, 0.15) is 21.0 Å². The van der Waals surface area contributed by atoms with Crippen LogP contribution in [0.3, 0.4) is 0 Å². The molecule has 0 amide bonds. The molecule has 1 saturated heterocycles. The molecule has 1 aliphatic heterocycles. The van der Waals surface area contributed by atoms with Crippen LogP contribution in [0.2, 0.25) is 16.6 Å². The fraction of sp³-hybridized carbons (Fsp3) is 0.571. The molecule has 0 unspecified atom stereocenters. The van der Waals surface area contributed by atoms with Crippen molar-refractivity contribution in [3.8, 4) is 11.5 Å². The SMILES string of the molecule is COCO[C@@H](/C=C/C=C\C#C[Si](C(C)C)(C(C)C)C(C)C)[C@@H]1CCO[C@H](c2ccccc2)O1. The standard InChI is InChI=1S/C28H42O4Si/c1-22(2)33(23(3)4,24(5)6)20-14-9-8-13-17-26(31-21-29-7)27-18-19-30-28(32-27)25-15-11-10-12-16-25/h8-13,15-17,22-24,26-28H,18-19,21H2,1-7H3/b9-8-,17-13+/t26-,27-,28-/m0/s1. The average molecular weight is 471 g/mol. The summed E-state index contributed by atoms with van der Waals surface area (Å²) >= 11 is 0. The Labute approximate surface area is 202 Å². The van der Waals surface area contributed by atoms with Gasteiger partial charge in [-0.3, -0.25) is 0 Å². The fourth-order valence-corrected chi connectivity index (χ4v) is 10.1. The van der Waals surface area contributed by atoms with Gasteiger partial charge in [0.05, 0.1) is 12.7 Å². The average Bonchev–Trinajstić information content (AvgIpc) is 2.80. The molecule has 0 spiro atoms. The van der Waals surface area contributed by atoms with Gasteiger partial charge in [-0.2, -0.15) is 0 Å². The molecule has 0 bridgehead atoms. The second kappa shape index (κ2) is 13.9. The first-order valence-corrected chi connectivity index (χ1v) is 14.3. The number of methoxy groups -OCH3 is 1. The summed E-state index contributed by atoms with van der Waals surface area (Å²) in [5, 5.41) is 0. The molecule has 0 N–H and O–H groups in total. The van der Waals surface area contributed by atoms with Crippen LogP contribution in [-0.4, -0.2) is 40.8 Å². The van der Waals surface area contributed by atoms with Crippen molar-refractivity contribution in [2.75, 3.05) is 20.5 Å². The molecule has 0 saturated carbocycles. The third-order valence-electron chi connectivity index (χ3n) is 6.53. The number of allylic oxidation sites excluding steroid dienone is 3. The summed E-state index contributed by atoms with van der Waals surface area (Å²) in [5.74, 6) is 3.36. The summed E-state index contributed by atoms with van der Waals surface area (Å²) in [4.78, 5) is 0. The highest BCUT2D eigenvalue weighted by Crippen LogP contribution is 2.40. The minimum Gasteiger partial charge on any atom is -0.359 e. The molecule has 0 aromatic heterocycles. The van der Waals surface area contributed by atoms with Gasteiger partial charge in [-0.25, -0.2) is 0 Å². The minimum absolute atomic E-state index is 0.113. The smallest absolute Gasteiger partial charge is 0.184 e. The van der Waals surface area contributed by atoms with Crippen LogP contribution < -0.4 is 0 Å². The van der Waals surface area contributed by atoms with Crippen molar-refractivity contribution in [3.05, 3.63) is 60.2 Å². The first-order valence-electron chi connectivity index (χ1n) is 12.1. The number of hydrogen-bond acceptors (Lipinski definition) is 4. The molecule has 4 nitrogen and oxygen atoms in total. The summed E-state index contributed by atoms with van der Waals surface area (Å²) in [7, 11) is -0.0783. The molecule has 1 aliphatic rings. The molecular weight excluding hydrogens is 428 g/mol. The summed E-state index contributed by atoms with van der Waals surface area (Å²) in [6.07, 6.45) is 8.00. The Hall–Kier alpha value is -1.68. The van der Waals surface area contributed by atoms with Gasteiger partial charge in [-0.15, -0.1) is 5.54 Å². The Bertz CT molecular complexity index is 782. The number of rotatable bonds is 10. The van der Waals surface area contributed by atoms with Crippen LogP contribution in [0, 0.1) is 11.5 Å². The maximum Gasteiger partial charge on any atom is 0.184 e. The molecule has 0 radical (unpaired) electrons. The van der Waals surface area contributed by atoms with Gasteiger partial charge in [0, 0.05) is 19.1 Å². The molecule has 33 heavy (non-hydrogen) atoms. The molecule has 182 valence electrons. The molecule has 5 heteroatoms. The predicted octanol–water partition coefficient (Wildman–Crippen LogP) is 6.81. The van der Waals surface area contributed by atoms with Crippen LogP contribution in [0.1, 0.15) is 59.8 Å². The third kappa shape index (κ3) is 7.66. The van der Waals surface area contributed by atoms with Crippen LogP contribution in [0.15, 0.2) is 54.6 Å². The quantitative estimate of drug-likeness (QED) is 0.163. The van der Waals surface area contributed by atoms with E-state index in [1.807, 2.05) is 54.6 Å². The normalized spacial score (nSPS) is 20.7. The van der Waals surface area contributed by atoms with E-state index in [9.17, 15) is 0 Å². The second-order valence-electron chi connectivity index (χ2n) is 9.52. The molecule has 0 aliphatic carbocycles. The van der Waals surface area contributed by atoms with E-state index in [1.54, 1.807) is 7.11 Å². The summed E-state index contributed by atoms with van der Waals surface area (Å²) < 4.78 is 23.1. The number of benzene rings is 1. The van der Waals surface area contributed by atoms with E-state index < -0.39 is 8.07 Å². The topological polar surface area (TPSA) is 36.9 Å². The lowest BCUT2D eigenvalue weighted by Gasteiger charge is -2.37. The Morgan fingerprint density at radius 1 is 1.03 bits per heavy atom. The molecular formula is C28H42O4Si. The summed E-state index contributed by atoms with van der Waals surface area (Å²) in [5.41, 5.74) is 6.62. The van der Waals surface area contributed by atoms with Crippen molar-refractivity contribution >= 4 is 8.07 Å². The highest BCUT2D eigenvalue weighted by Gasteiger charge is 2.41. The van der Waals surface area contributed by atoms with Crippen molar-refractivity contribution in [2.24, 2.45) is 0 Å². The third-order valence-corrected chi connectivity index (χ3v) is 12.8. The van der Waals surface area contributed by atoms with Gasteiger partial charge in [0.25, 0.3) is 0 Å². The molecule has 1 heterocycles. The highest BCUT2D eigenvalue weighted by molar-refractivity contribution is 6.90. The van der Waals surface area contributed by atoms with E-state index >= 15 is 0 Å². The van der Waals surface area contributed by atoms with Gasteiger partial charge in [-0.05, 0) is 22.7 Å². The lowest BCUT2D eigenvalue weighted by Crippen LogP contribution is -2.43. The van der Waals surface area contributed by atoms with Gasteiger partial charge in [-0.1, -0.05) is 96.0 Å². The van der Waals surface area contributed by atoms with E-state index in [4.69, 9.17) is 18.9 Å². The second-order valence-corrected chi connectivity index (χ2v) is 15.1. The van der Waals surface area contributed by atoms with Gasteiger partial charge >= 0.3 is 0 Å². The van der Waals surface area contributed by atoms with Crippen molar-refractivity contribution in [1.82, 2.24) is 0 Å². The lowest BCUT2D eigenvalue weighted by molar-refractivity contribution is -0.243. The monoisotopic (exact) mass is 470 g/mol. The van der Waals surface area contributed by atoms with Crippen molar-refractivity contribution < 1.29 is 18.9 Å². The zero-order valence-electron chi connectivity index (χ0n) is 21.4. The van der Waals surface area contributed by atoms with Crippen LogP contribution in [-0.2, 0) is 18.9 Å². The van der Waals surface area contributed by atoms with E-state index in [1.165, 1.54) is 0 Å². The zero-order chi connectivity index (χ0) is 24.3. The zero-order valence-corrected chi connectivity index (χ0v) is 22.4. The first-order chi connectivity index (χ1) is 15.8. The van der Waals surface area contributed by atoms with Gasteiger partial charge < -0.3 is 18.9 Å². The maximum absolute atomic E-state index is 6.23. The summed E-state index contributed by atoms with van der Waals surface area (Å²) in [6, 6.07) is 10.0. The Morgan fingerprint density at radius 3 is 2.30 bits per heavy atom. The fourth-order valence-electron chi connectivity index (χ4n) is 4.89. The maximum atomic E-state index is 6.23. The highest BCUT2D eigenvalue weighted by atomic mass is 28.3. The van der Waals surface area contributed by atoms with Gasteiger partial charge in [0.15, 0.2) is 6.29 Å². The largest absolute Gasteiger partial charge is 0.359 e. The van der Waals surface area contributed by atoms with Gasteiger partial charge in [0.2, 0.25) is 0 Å². The predicted molar refractivity (Wildman–Crippen MR) is 138 cm³/mol. The molecule has 2 rings (SSSR count). The van der Waals surface area contributed by atoms with Crippen molar-refractivity contribution in [3.63, 3.8) is 0 Å². The van der Waals surface area contributed by atoms with Crippen LogP contribution in [0.25, 0.3) is 0 Å². The lowest BCUT2D eigenvalue weighted by atomic mass is 10.1. The molecule has 1 aromatic carbocycles.